The van der Waals surface area contributed by atoms with Gasteiger partial charge in [-0.25, -0.2) is 0 Å². The number of hydrogen-bond acceptors (Lipinski definition) is 2. The second-order valence-corrected chi connectivity index (χ2v) is 5.53. The molecule has 0 aromatic heterocycles. The van der Waals surface area contributed by atoms with Crippen LogP contribution in [0.4, 0.5) is 0 Å². The van der Waals surface area contributed by atoms with Crippen molar-refractivity contribution in [3.8, 4) is 11.8 Å². The summed E-state index contributed by atoms with van der Waals surface area (Å²) in [6, 6.07) is 5.47. The summed E-state index contributed by atoms with van der Waals surface area (Å²) in [6.07, 6.45) is 1.95. The predicted octanol–water partition coefficient (Wildman–Crippen LogP) is 2.65. The molecule has 0 bridgehead atoms. The van der Waals surface area contributed by atoms with Gasteiger partial charge >= 0.3 is 0 Å². The number of nitrogens with one attached hydrogen (secondary N) is 1. The van der Waals surface area contributed by atoms with Gasteiger partial charge in [-0.05, 0) is 44.9 Å². The van der Waals surface area contributed by atoms with Crippen molar-refractivity contribution in [3.05, 3.63) is 34.9 Å². The van der Waals surface area contributed by atoms with Gasteiger partial charge in [-0.3, -0.25) is 4.79 Å². The minimum atomic E-state index is -0.217. The van der Waals surface area contributed by atoms with Crippen LogP contribution < -0.4 is 5.32 Å². The molecular formula is C17H23NO2. The molecule has 0 aliphatic heterocycles. The Bertz CT molecular complexity index is 536. The van der Waals surface area contributed by atoms with Gasteiger partial charge < -0.3 is 10.4 Å². The Morgan fingerprint density at radius 2 is 2.10 bits per heavy atom. The number of rotatable bonds is 4. The maximum atomic E-state index is 12.4. The highest BCUT2D eigenvalue weighted by molar-refractivity contribution is 5.96. The van der Waals surface area contributed by atoms with Crippen molar-refractivity contribution in [3.63, 3.8) is 0 Å². The fourth-order valence-electron chi connectivity index (χ4n) is 2.21. The Hall–Kier alpha value is -1.79. The van der Waals surface area contributed by atoms with E-state index in [2.05, 4.69) is 24.1 Å². The van der Waals surface area contributed by atoms with E-state index in [0.29, 0.717) is 5.56 Å². The molecule has 108 valence electrons. The third-order valence-electron chi connectivity index (χ3n) is 3.21. The van der Waals surface area contributed by atoms with Gasteiger partial charge in [0.25, 0.3) is 5.91 Å². The van der Waals surface area contributed by atoms with Crippen molar-refractivity contribution >= 4 is 5.91 Å². The molecule has 0 spiro atoms. The molecule has 0 aliphatic carbocycles. The highest BCUT2D eigenvalue weighted by Gasteiger charge is 2.21. The normalized spacial score (nSPS) is 10.7. The number of benzene rings is 1. The van der Waals surface area contributed by atoms with Crippen LogP contribution in [0.5, 0.6) is 0 Å². The largest absolute Gasteiger partial charge is 0.384 e. The number of carbonyl (C=O) groups is 1. The molecule has 1 amide bonds. The number of hydrogen-bond donors (Lipinski definition) is 2. The monoisotopic (exact) mass is 273 g/mol. The van der Waals surface area contributed by atoms with Gasteiger partial charge in [-0.2, -0.15) is 0 Å². The van der Waals surface area contributed by atoms with Crippen LogP contribution in [0.1, 0.15) is 55.1 Å². The lowest BCUT2D eigenvalue weighted by molar-refractivity contribution is 0.0908. The molecule has 0 radical (unpaired) electrons. The van der Waals surface area contributed by atoms with E-state index in [-0.39, 0.29) is 18.1 Å². The number of carbonyl (C=O) groups excluding carboxylic acids is 1. The van der Waals surface area contributed by atoms with Gasteiger partial charge in [0.15, 0.2) is 0 Å². The van der Waals surface area contributed by atoms with Crippen LogP contribution in [0.3, 0.4) is 0 Å². The standard InChI is InChI=1S/C17H23NO2/c1-5-11-17(3,4)18-16(20)15-10-6-8-14(13(15)2)9-7-12-19/h6,8,10,19H,5,11-12H2,1-4H3,(H,18,20). The van der Waals surface area contributed by atoms with E-state index in [4.69, 9.17) is 5.11 Å². The summed E-state index contributed by atoms with van der Waals surface area (Å²) < 4.78 is 0. The molecule has 3 nitrogen and oxygen atoms in total. The Morgan fingerprint density at radius 3 is 2.70 bits per heavy atom. The van der Waals surface area contributed by atoms with E-state index in [1.165, 1.54) is 0 Å². The first-order valence-corrected chi connectivity index (χ1v) is 6.93. The van der Waals surface area contributed by atoms with Gasteiger partial charge in [0.1, 0.15) is 6.61 Å². The minimum Gasteiger partial charge on any atom is -0.384 e. The van der Waals surface area contributed by atoms with E-state index in [1.807, 2.05) is 32.9 Å². The van der Waals surface area contributed by atoms with Crippen LogP contribution in [0, 0.1) is 18.8 Å². The molecule has 0 saturated carbocycles. The zero-order valence-corrected chi connectivity index (χ0v) is 12.7. The average Bonchev–Trinajstić information content (AvgIpc) is 2.36. The summed E-state index contributed by atoms with van der Waals surface area (Å²) in [5, 5.41) is 11.8. The summed E-state index contributed by atoms with van der Waals surface area (Å²) in [6.45, 7) is 7.85. The molecule has 0 heterocycles. The summed E-state index contributed by atoms with van der Waals surface area (Å²) in [4.78, 5) is 12.4. The third kappa shape index (κ3) is 4.40. The molecule has 0 atom stereocenters. The van der Waals surface area contributed by atoms with Crippen LogP contribution in [0.25, 0.3) is 0 Å². The molecule has 1 aromatic rings. The van der Waals surface area contributed by atoms with Crippen LogP contribution in [0.2, 0.25) is 0 Å². The molecule has 0 unspecified atom stereocenters. The molecular weight excluding hydrogens is 250 g/mol. The SMILES string of the molecule is CCCC(C)(C)NC(=O)c1cccc(C#CCO)c1C. The maximum absolute atomic E-state index is 12.4. The van der Waals surface area contributed by atoms with E-state index < -0.39 is 0 Å². The summed E-state index contributed by atoms with van der Waals surface area (Å²) in [7, 11) is 0. The number of aliphatic hydroxyl groups is 1. The lowest BCUT2D eigenvalue weighted by Crippen LogP contribution is -2.43. The first kappa shape index (κ1) is 16.3. The van der Waals surface area contributed by atoms with Crippen molar-refractivity contribution in [1.29, 1.82) is 0 Å². The zero-order valence-electron chi connectivity index (χ0n) is 12.7. The van der Waals surface area contributed by atoms with Gasteiger partial charge in [0, 0.05) is 16.7 Å². The van der Waals surface area contributed by atoms with Gasteiger partial charge in [-0.1, -0.05) is 31.3 Å². The summed E-state index contributed by atoms with van der Waals surface area (Å²) >= 11 is 0. The van der Waals surface area contributed by atoms with Gasteiger partial charge in [0.2, 0.25) is 0 Å². The second kappa shape index (κ2) is 7.12. The predicted molar refractivity (Wildman–Crippen MR) is 81.6 cm³/mol. The van der Waals surface area contributed by atoms with Crippen LogP contribution in [-0.2, 0) is 0 Å². The molecule has 1 rings (SSSR count). The Kier molecular flexibility index (Phi) is 5.79. The molecule has 0 fully saturated rings. The van der Waals surface area contributed by atoms with E-state index >= 15 is 0 Å². The van der Waals surface area contributed by atoms with Crippen LogP contribution in [0.15, 0.2) is 18.2 Å². The van der Waals surface area contributed by atoms with Gasteiger partial charge in [-0.15, -0.1) is 0 Å². The van der Waals surface area contributed by atoms with Crippen molar-refractivity contribution in [2.45, 2.75) is 46.1 Å². The quantitative estimate of drug-likeness (QED) is 0.829. The highest BCUT2D eigenvalue weighted by Crippen LogP contribution is 2.16. The first-order valence-electron chi connectivity index (χ1n) is 6.93. The Balaban J connectivity index is 3.00. The van der Waals surface area contributed by atoms with Crippen LogP contribution >= 0.6 is 0 Å². The molecule has 0 aliphatic rings. The maximum Gasteiger partial charge on any atom is 0.252 e. The van der Waals surface area contributed by atoms with Crippen molar-refractivity contribution < 1.29 is 9.90 Å². The summed E-state index contributed by atoms with van der Waals surface area (Å²) in [5.41, 5.74) is 2.04. The average molecular weight is 273 g/mol. The summed E-state index contributed by atoms with van der Waals surface area (Å²) in [5.74, 6) is 5.40. The molecule has 20 heavy (non-hydrogen) atoms. The minimum absolute atomic E-state index is 0.0754. The molecule has 1 aromatic carbocycles. The highest BCUT2D eigenvalue weighted by atomic mass is 16.2. The molecule has 0 saturated heterocycles. The van der Waals surface area contributed by atoms with E-state index in [0.717, 1.165) is 24.0 Å². The van der Waals surface area contributed by atoms with Crippen molar-refractivity contribution in [2.75, 3.05) is 6.61 Å². The first-order chi connectivity index (χ1) is 9.41. The van der Waals surface area contributed by atoms with Crippen molar-refractivity contribution in [1.82, 2.24) is 5.32 Å². The topological polar surface area (TPSA) is 49.3 Å². The number of amides is 1. The lowest BCUT2D eigenvalue weighted by atomic mass is 9.96. The lowest BCUT2D eigenvalue weighted by Gasteiger charge is -2.26. The molecule has 3 heteroatoms. The fraction of sp³-hybridized carbons (Fsp3) is 0.471. The van der Waals surface area contributed by atoms with E-state index in [9.17, 15) is 4.79 Å². The van der Waals surface area contributed by atoms with Crippen LogP contribution in [-0.4, -0.2) is 23.2 Å². The fourth-order valence-corrected chi connectivity index (χ4v) is 2.21. The smallest absolute Gasteiger partial charge is 0.252 e. The second-order valence-electron chi connectivity index (χ2n) is 5.53. The zero-order chi connectivity index (χ0) is 15.2. The third-order valence-corrected chi connectivity index (χ3v) is 3.21. The Labute approximate surface area is 121 Å². The van der Waals surface area contributed by atoms with Crippen molar-refractivity contribution in [2.24, 2.45) is 0 Å². The number of aliphatic hydroxyl groups excluding tert-OH is 1. The van der Waals surface area contributed by atoms with E-state index in [1.54, 1.807) is 6.07 Å². The molecule has 2 N–H and O–H groups in total. The van der Waals surface area contributed by atoms with Gasteiger partial charge in [0.05, 0.1) is 0 Å². The Morgan fingerprint density at radius 1 is 1.40 bits per heavy atom.